The molecule has 1 aromatic heterocycles. The minimum atomic E-state index is -0.936. The Morgan fingerprint density at radius 2 is 1.96 bits per heavy atom. The van der Waals surface area contributed by atoms with Crippen LogP contribution in [0.1, 0.15) is 6.92 Å². The lowest BCUT2D eigenvalue weighted by molar-refractivity contribution is -0.119. The van der Waals surface area contributed by atoms with Gasteiger partial charge < -0.3 is 10.5 Å². The van der Waals surface area contributed by atoms with Crippen molar-refractivity contribution in [2.45, 2.75) is 17.3 Å². The smallest absolute Gasteiger partial charge is 0.318 e. The van der Waals surface area contributed by atoms with Gasteiger partial charge in [0.2, 0.25) is 5.91 Å². The summed E-state index contributed by atoms with van der Waals surface area (Å²) in [5, 5.41) is 2.08. The number of nitrogens with two attached hydrogens (primary N) is 1. The van der Waals surface area contributed by atoms with E-state index in [4.69, 9.17) is 10.5 Å². The largest absolute Gasteiger partial charge is 0.497 e. The minimum Gasteiger partial charge on any atom is -0.497 e. The summed E-state index contributed by atoms with van der Waals surface area (Å²) in [6.07, 6.45) is 0. The van der Waals surface area contributed by atoms with Crippen molar-refractivity contribution in [2.24, 2.45) is 5.73 Å². The highest BCUT2D eigenvalue weighted by atomic mass is 32.2. The summed E-state index contributed by atoms with van der Waals surface area (Å²) < 4.78 is 6.67. The molecule has 144 valence electrons. The average molecular weight is 398 g/mol. The van der Waals surface area contributed by atoms with Crippen LogP contribution in [0.5, 0.6) is 5.75 Å². The van der Waals surface area contributed by atoms with E-state index in [1.807, 2.05) is 5.32 Å². The molecule has 0 aliphatic carbocycles. The van der Waals surface area contributed by atoms with Crippen molar-refractivity contribution >= 4 is 34.6 Å². The molecular weight excluding hydrogens is 380 g/mol. The van der Waals surface area contributed by atoms with Gasteiger partial charge in [0.05, 0.1) is 29.0 Å². The third-order valence-corrected chi connectivity index (χ3v) is 5.01. The predicted molar refractivity (Wildman–Crippen MR) is 107 cm³/mol. The number of rotatable bonds is 5. The summed E-state index contributed by atoms with van der Waals surface area (Å²) in [6, 6.07) is 13.0. The van der Waals surface area contributed by atoms with Crippen molar-refractivity contribution in [3.05, 3.63) is 58.9 Å². The molecule has 1 atom stereocenters. The van der Waals surface area contributed by atoms with Gasteiger partial charge in [-0.25, -0.2) is 9.78 Å². The van der Waals surface area contributed by atoms with Gasteiger partial charge >= 0.3 is 6.03 Å². The molecule has 9 heteroatoms. The summed E-state index contributed by atoms with van der Waals surface area (Å²) in [7, 11) is 1.53. The second kappa shape index (κ2) is 8.13. The lowest BCUT2D eigenvalue weighted by atomic mass is 10.2. The van der Waals surface area contributed by atoms with Crippen LogP contribution in [0.4, 0.5) is 4.79 Å². The Bertz CT molecular complexity index is 1110. The van der Waals surface area contributed by atoms with Crippen molar-refractivity contribution in [3.63, 3.8) is 0 Å². The Morgan fingerprint density at radius 3 is 2.68 bits per heavy atom. The van der Waals surface area contributed by atoms with Gasteiger partial charge in [-0.1, -0.05) is 30.0 Å². The summed E-state index contributed by atoms with van der Waals surface area (Å²) >= 11 is 1.05. The van der Waals surface area contributed by atoms with Crippen LogP contribution < -0.4 is 21.3 Å². The number of ether oxygens (including phenoxy) is 1. The van der Waals surface area contributed by atoms with Crippen molar-refractivity contribution in [1.82, 2.24) is 14.9 Å². The van der Waals surface area contributed by atoms with Gasteiger partial charge in [-0.05, 0) is 31.2 Å². The molecule has 0 spiro atoms. The molecule has 0 saturated heterocycles. The molecule has 28 heavy (non-hydrogen) atoms. The van der Waals surface area contributed by atoms with Crippen LogP contribution in [0.2, 0.25) is 0 Å². The minimum absolute atomic E-state index is 0.274. The molecule has 3 amide bonds. The Labute approximate surface area is 164 Å². The van der Waals surface area contributed by atoms with E-state index in [2.05, 4.69) is 4.98 Å². The first-order chi connectivity index (χ1) is 13.4. The molecule has 0 aliphatic heterocycles. The van der Waals surface area contributed by atoms with Crippen LogP contribution in [0.15, 0.2) is 58.5 Å². The molecule has 0 fully saturated rings. The molecule has 2 aromatic carbocycles. The number of nitrogens with zero attached hydrogens (tertiary/aromatic N) is 2. The number of imide groups is 1. The van der Waals surface area contributed by atoms with Crippen molar-refractivity contribution < 1.29 is 14.3 Å². The first kappa shape index (κ1) is 19.4. The molecule has 3 N–H and O–H groups in total. The van der Waals surface area contributed by atoms with E-state index in [1.54, 1.807) is 55.5 Å². The van der Waals surface area contributed by atoms with Crippen LogP contribution in [-0.4, -0.2) is 33.8 Å². The van der Waals surface area contributed by atoms with Crippen molar-refractivity contribution in [1.29, 1.82) is 0 Å². The zero-order valence-corrected chi connectivity index (χ0v) is 16.0. The number of primary amides is 1. The molecule has 0 unspecified atom stereocenters. The number of carbonyl (C=O) groups excluding carboxylic acids is 2. The maximum absolute atomic E-state index is 13.2. The first-order valence-corrected chi connectivity index (χ1v) is 9.22. The van der Waals surface area contributed by atoms with Crippen LogP contribution in [-0.2, 0) is 4.79 Å². The normalized spacial score (nSPS) is 11.8. The van der Waals surface area contributed by atoms with Crippen LogP contribution in [0.3, 0.4) is 0 Å². The number of benzene rings is 2. The van der Waals surface area contributed by atoms with Crippen molar-refractivity contribution in [3.8, 4) is 11.4 Å². The Morgan fingerprint density at radius 1 is 1.21 bits per heavy atom. The van der Waals surface area contributed by atoms with Gasteiger partial charge in [0.15, 0.2) is 5.16 Å². The number of hydrogen-bond donors (Lipinski definition) is 2. The third-order valence-electron chi connectivity index (χ3n) is 3.95. The molecule has 0 saturated carbocycles. The van der Waals surface area contributed by atoms with E-state index in [1.165, 1.54) is 11.7 Å². The number of thioether (sulfide) groups is 1. The van der Waals surface area contributed by atoms with Gasteiger partial charge in [-0.15, -0.1) is 0 Å². The number of methoxy groups -OCH3 is 1. The van der Waals surface area contributed by atoms with E-state index in [0.29, 0.717) is 27.5 Å². The van der Waals surface area contributed by atoms with E-state index >= 15 is 0 Å². The quantitative estimate of drug-likeness (QED) is 0.502. The van der Waals surface area contributed by atoms with Crippen LogP contribution in [0, 0.1) is 0 Å². The Hall–Kier alpha value is -3.33. The standard InChI is InChI=1S/C19H18N4O4S/c1-11(16(24)22-18(20)26)28-19-21-15-9-4-3-8-14(15)17(25)23(19)12-6-5-7-13(10-12)27-2/h3-11H,1-2H3,(H3,20,22,24,26)/t11-/m0/s1. The Kier molecular flexibility index (Phi) is 5.65. The van der Waals surface area contributed by atoms with Crippen LogP contribution >= 0.6 is 11.8 Å². The molecular formula is C19H18N4O4S. The maximum atomic E-state index is 13.2. The molecule has 8 nitrogen and oxygen atoms in total. The van der Waals surface area contributed by atoms with Gasteiger partial charge in [0.1, 0.15) is 5.75 Å². The third kappa shape index (κ3) is 3.99. The number of para-hydroxylation sites is 1. The van der Waals surface area contributed by atoms with E-state index in [9.17, 15) is 14.4 Å². The molecule has 3 rings (SSSR count). The van der Waals surface area contributed by atoms with Gasteiger partial charge in [-0.2, -0.15) is 0 Å². The van der Waals surface area contributed by atoms with Gasteiger partial charge in [0.25, 0.3) is 5.56 Å². The number of urea groups is 1. The number of carbonyl (C=O) groups is 2. The fraction of sp³-hybridized carbons (Fsp3) is 0.158. The van der Waals surface area contributed by atoms with E-state index < -0.39 is 17.2 Å². The monoisotopic (exact) mass is 398 g/mol. The van der Waals surface area contributed by atoms with Gasteiger partial charge in [-0.3, -0.25) is 19.5 Å². The topological polar surface area (TPSA) is 116 Å². The highest BCUT2D eigenvalue weighted by Crippen LogP contribution is 2.26. The first-order valence-electron chi connectivity index (χ1n) is 8.34. The van der Waals surface area contributed by atoms with E-state index in [-0.39, 0.29) is 5.56 Å². The summed E-state index contributed by atoms with van der Waals surface area (Å²) in [4.78, 5) is 40.8. The molecule has 0 radical (unpaired) electrons. The number of nitrogens with one attached hydrogen (secondary N) is 1. The number of fused-ring (bicyclic) bond motifs is 1. The predicted octanol–water partition coefficient (Wildman–Crippen LogP) is 2.07. The fourth-order valence-corrected chi connectivity index (χ4v) is 3.53. The zero-order chi connectivity index (χ0) is 20.3. The summed E-state index contributed by atoms with van der Waals surface area (Å²) in [5.74, 6) is 0.00475. The lowest BCUT2D eigenvalue weighted by Crippen LogP contribution is -2.39. The molecule has 0 bridgehead atoms. The van der Waals surface area contributed by atoms with E-state index in [0.717, 1.165) is 11.8 Å². The average Bonchev–Trinajstić information content (AvgIpc) is 2.67. The second-order valence-corrected chi connectivity index (χ2v) is 7.18. The second-order valence-electron chi connectivity index (χ2n) is 5.87. The Balaban J connectivity index is 2.15. The molecule has 3 aromatic rings. The maximum Gasteiger partial charge on any atom is 0.318 e. The number of aromatic nitrogens is 2. The fourth-order valence-electron chi connectivity index (χ4n) is 2.60. The van der Waals surface area contributed by atoms with Crippen LogP contribution in [0.25, 0.3) is 16.6 Å². The highest BCUT2D eigenvalue weighted by Gasteiger charge is 2.21. The summed E-state index contributed by atoms with van der Waals surface area (Å²) in [6.45, 7) is 1.60. The zero-order valence-electron chi connectivity index (χ0n) is 15.2. The molecule has 1 heterocycles. The SMILES string of the molecule is COc1cccc(-n2c(S[C@@H](C)C(=O)NC(N)=O)nc3ccccc3c2=O)c1. The van der Waals surface area contributed by atoms with Crippen molar-refractivity contribution in [2.75, 3.05) is 7.11 Å². The number of amides is 3. The highest BCUT2D eigenvalue weighted by molar-refractivity contribution is 8.00. The summed E-state index contributed by atoms with van der Waals surface area (Å²) in [5.41, 5.74) is 5.80. The lowest BCUT2D eigenvalue weighted by Gasteiger charge is -2.16. The number of hydrogen-bond acceptors (Lipinski definition) is 6. The molecule has 0 aliphatic rings. The van der Waals surface area contributed by atoms with Gasteiger partial charge in [0, 0.05) is 6.07 Å².